The van der Waals surface area contributed by atoms with Crippen LogP contribution in [0.3, 0.4) is 0 Å². The van der Waals surface area contributed by atoms with Crippen molar-refractivity contribution in [2.24, 2.45) is 0 Å². The molecule has 0 saturated carbocycles. The Hall–Kier alpha value is -4.05. The van der Waals surface area contributed by atoms with Crippen molar-refractivity contribution in [1.82, 2.24) is 10.2 Å². The van der Waals surface area contributed by atoms with Crippen LogP contribution in [0.25, 0.3) is 0 Å². The third-order valence-corrected chi connectivity index (χ3v) is 9.44. The topological polar surface area (TPSA) is 96.0 Å². The molecule has 4 rings (SSSR count). The van der Waals surface area contributed by atoms with Crippen molar-refractivity contribution in [3.8, 4) is 5.75 Å². The Kier molecular flexibility index (Phi) is 12.5. The molecular weight excluding hydrogens is 645 g/mol. The second kappa shape index (κ2) is 16.5. The lowest BCUT2D eigenvalue weighted by Crippen LogP contribution is -2.53. The highest BCUT2D eigenvalue weighted by Gasteiger charge is 2.35. The normalized spacial score (nSPS) is 11.8. The molecule has 0 aliphatic heterocycles. The van der Waals surface area contributed by atoms with Crippen LogP contribution in [-0.4, -0.2) is 50.9 Å². The Labute approximate surface area is 280 Å². The number of carbonyl (C=O) groups is 2. The van der Waals surface area contributed by atoms with Gasteiger partial charge in [0.05, 0.1) is 17.2 Å². The molecule has 0 fully saturated rings. The van der Waals surface area contributed by atoms with Gasteiger partial charge < -0.3 is 15.0 Å². The van der Waals surface area contributed by atoms with E-state index in [1.165, 1.54) is 29.2 Å². The van der Waals surface area contributed by atoms with Crippen LogP contribution in [0.4, 0.5) is 5.69 Å². The summed E-state index contributed by atoms with van der Waals surface area (Å²) in [7, 11) is -4.31. The number of nitrogens with one attached hydrogen (secondary N) is 1. The van der Waals surface area contributed by atoms with Crippen LogP contribution < -0.4 is 14.4 Å². The van der Waals surface area contributed by atoms with Crippen LogP contribution in [0.1, 0.15) is 31.4 Å². The maximum absolute atomic E-state index is 14.6. The van der Waals surface area contributed by atoms with Crippen LogP contribution in [-0.2, 0) is 32.6 Å². The van der Waals surface area contributed by atoms with Crippen molar-refractivity contribution in [2.75, 3.05) is 24.0 Å². The number of sulfonamides is 1. The predicted octanol–water partition coefficient (Wildman–Crippen LogP) is 6.75. The molecule has 0 aliphatic rings. The van der Waals surface area contributed by atoms with E-state index in [1.807, 2.05) is 43.3 Å². The largest absolute Gasteiger partial charge is 0.492 e. The molecule has 2 amide bonds. The van der Waals surface area contributed by atoms with Gasteiger partial charge in [0.1, 0.15) is 18.3 Å². The number of carbonyl (C=O) groups excluding carboxylic acids is 2. The summed E-state index contributed by atoms with van der Waals surface area (Å²) in [6.45, 7) is 3.83. The summed E-state index contributed by atoms with van der Waals surface area (Å²) in [6.07, 6.45) is 0.912. The van der Waals surface area contributed by atoms with Gasteiger partial charge in [-0.15, -0.1) is 0 Å². The van der Waals surface area contributed by atoms with Gasteiger partial charge in [-0.25, -0.2) is 8.42 Å². The molecule has 0 unspecified atom stereocenters. The zero-order valence-electron chi connectivity index (χ0n) is 25.7. The maximum Gasteiger partial charge on any atom is 0.264 e. The maximum atomic E-state index is 14.6. The molecule has 46 heavy (non-hydrogen) atoms. The molecule has 0 bridgehead atoms. The number of hydrogen-bond acceptors (Lipinski definition) is 5. The van der Waals surface area contributed by atoms with Crippen molar-refractivity contribution >= 4 is 50.7 Å². The van der Waals surface area contributed by atoms with Crippen LogP contribution in [0.5, 0.6) is 5.75 Å². The van der Waals surface area contributed by atoms with E-state index in [9.17, 15) is 18.0 Å². The minimum absolute atomic E-state index is 0.0123. The van der Waals surface area contributed by atoms with Crippen molar-refractivity contribution in [1.29, 1.82) is 0 Å². The predicted molar refractivity (Wildman–Crippen MR) is 183 cm³/mol. The lowest BCUT2D eigenvalue weighted by Gasteiger charge is -2.34. The Morgan fingerprint density at radius 3 is 2.17 bits per heavy atom. The number of anilines is 1. The zero-order valence-corrected chi connectivity index (χ0v) is 28.1. The number of nitrogens with zero attached hydrogens (tertiary/aromatic N) is 2. The van der Waals surface area contributed by atoms with Gasteiger partial charge >= 0.3 is 0 Å². The number of amides is 2. The molecule has 8 nitrogen and oxygen atoms in total. The van der Waals surface area contributed by atoms with Crippen molar-refractivity contribution in [2.45, 2.75) is 44.2 Å². The van der Waals surface area contributed by atoms with Crippen molar-refractivity contribution in [3.05, 3.63) is 124 Å². The number of para-hydroxylation sites is 2. The summed E-state index contributed by atoms with van der Waals surface area (Å²) in [5.74, 6) is -0.641. The van der Waals surface area contributed by atoms with Gasteiger partial charge in [-0.2, -0.15) is 0 Å². The Bertz CT molecular complexity index is 1720. The van der Waals surface area contributed by atoms with Gasteiger partial charge in [-0.05, 0) is 73.0 Å². The van der Waals surface area contributed by atoms with Gasteiger partial charge in [0.15, 0.2) is 0 Å². The summed E-state index contributed by atoms with van der Waals surface area (Å²) in [4.78, 5) is 29.7. The van der Waals surface area contributed by atoms with Crippen LogP contribution in [0.15, 0.2) is 108 Å². The van der Waals surface area contributed by atoms with E-state index in [4.69, 9.17) is 27.9 Å². The Morgan fingerprint density at radius 2 is 1.50 bits per heavy atom. The van der Waals surface area contributed by atoms with E-state index in [0.717, 1.165) is 9.87 Å². The molecular formula is C35H37Cl2N3O5S. The molecule has 1 atom stereocenters. The lowest BCUT2D eigenvalue weighted by molar-refractivity contribution is -0.140. The summed E-state index contributed by atoms with van der Waals surface area (Å²) in [5, 5.41) is 3.77. The number of benzene rings is 4. The molecule has 0 spiro atoms. The molecule has 0 radical (unpaired) electrons. The van der Waals surface area contributed by atoms with E-state index in [1.54, 1.807) is 49.4 Å². The van der Waals surface area contributed by atoms with Crippen molar-refractivity contribution < 1.29 is 22.7 Å². The smallest absolute Gasteiger partial charge is 0.264 e. The first kappa shape index (κ1) is 34.8. The summed E-state index contributed by atoms with van der Waals surface area (Å²) < 4.78 is 35.3. The highest BCUT2D eigenvalue weighted by molar-refractivity contribution is 7.92. The zero-order chi connectivity index (χ0) is 33.1. The molecule has 4 aromatic rings. The Balaban J connectivity index is 1.83. The highest BCUT2D eigenvalue weighted by atomic mass is 35.5. The van der Waals surface area contributed by atoms with Crippen LogP contribution in [0.2, 0.25) is 10.0 Å². The van der Waals surface area contributed by atoms with E-state index < -0.39 is 28.5 Å². The second-order valence-corrected chi connectivity index (χ2v) is 13.2. The number of hydrogen-bond donors (Lipinski definition) is 1. The fourth-order valence-corrected chi connectivity index (χ4v) is 6.70. The monoisotopic (exact) mass is 681 g/mol. The minimum atomic E-state index is -4.31. The molecule has 4 aromatic carbocycles. The molecule has 242 valence electrons. The first-order valence-corrected chi connectivity index (χ1v) is 17.2. The van der Waals surface area contributed by atoms with Crippen LogP contribution >= 0.6 is 23.2 Å². The molecule has 0 heterocycles. The molecule has 11 heteroatoms. The molecule has 0 aliphatic carbocycles. The van der Waals surface area contributed by atoms with E-state index in [0.29, 0.717) is 34.3 Å². The molecule has 1 N–H and O–H groups in total. The summed E-state index contributed by atoms with van der Waals surface area (Å²) in [5.41, 5.74) is 1.71. The van der Waals surface area contributed by atoms with Gasteiger partial charge in [-0.3, -0.25) is 13.9 Å². The van der Waals surface area contributed by atoms with Gasteiger partial charge in [0, 0.05) is 29.6 Å². The molecule has 0 aromatic heterocycles. The minimum Gasteiger partial charge on any atom is -0.492 e. The van der Waals surface area contributed by atoms with Gasteiger partial charge in [-0.1, -0.05) is 84.7 Å². The standard InChI is InChI=1S/C35H37Cl2N3O5S/c1-3-21-38-35(42)32(23-26-11-6-5-7-12-26)39(24-27-13-10-14-29(37)22-27)34(41)25-40(31-15-8-9-16-33(31)45-4-2)46(43,44)30-19-17-28(36)18-20-30/h5-20,22,32H,3-4,21,23-25H2,1-2H3,(H,38,42)/t32-/m1/s1. The third kappa shape index (κ3) is 9.02. The van der Waals surface area contributed by atoms with Gasteiger partial charge in [0.25, 0.3) is 10.0 Å². The molecule has 0 saturated heterocycles. The van der Waals surface area contributed by atoms with Crippen molar-refractivity contribution in [3.63, 3.8) is 0 Å². The quantitative estimate of drug-likeness (QED) is 0.150. The third-order valence-electron chi connectivity index (χ3n) is 7.18. The fourth-order valence-electron chi connectivity index (χ4n) is 4.94. The Morgan fingerprint density at radius 1 is 0.826 bits per heavy atom. The van der Waals surface area contributed by atoms with E-state index >= 15 is 0 Å². The average Bonchev–Trinajstić information content (AvgIpc) is 3.05. The first-order valence-electron chi connectivity index (χ1n) is 15.0. The number of halogens is 2. The van der Waals surface area contributed by atoms with E-state index in [2.05, 4.69) is 5.32 Å². The SMILES string of the molecule is CCCNC(=O)[C@@H](Cc1ccccc1)N(Cc1cccc(Cl)c1)C(=O)CN(c1ccccc1OCC)S(=O)(=O)c1ccc(Cl)cc1. The summed E-state index contributed by atoms with van der Waals surface area (Å²) >= 11 is 12.4. The number of ether oxygens (including phenoxy) is 1. The first-order chi connectivity index (χ1) is 22.1. The second-order valence-electron chi connectivity index (χ2n) is 10.5. The fraction of sp³-hybridized carbons (Fsp3) is 0.257. The summed E-state index contributed by atoms with van der Waals surface area (Å²) in [6, 6.07) is 27.8. The average molecular weight is 683 g/mol. The van der Waals surface area contributed by atoms with Crippen LogP contribution in [0, 0.1) is 0 Å². The highest BCUT2D eigenvalue weighted by Crippen LogP contribution is 2.33. The van der Waals surface area contributed by atoms with Gasteiger partial charge in [0.2, 0.25) is 11.8 Å². The number of rotatable bonds is 15. The lowest BCUT2D eigenvalue weighted by atomic mass is 10.0. The van der Waals surface area contributed by atoms with E-state index in [-0.39, 0.29) is 36.1 Å².